The molecule has 1 radical (unpaired) electrons. The van der Waals surface area contributed by atoms with Crippen LogP contribution in [0, 0.1) is 6.54 Å². The Labute approximate surface area is 44.6 Å². The van der Waals surface area contributed by atoms with Crippen molar-refractivity contribution in [2.75, 3.05) is 13.1 Å². The van der Waals surface area contributed by atoms with Crippen LogP contribution in [0.25, 0.3) is 0 Å². The molecule has 0 amide bonds. The smallest absolute Gasteiger partial charge is 0.0467 e. The van der Waals surface area contributed by atoms with Crippen molar-refractivity contribution in [3.8, 4) is 0 Å². The SMILES string of the molecule is C=C[CH]N1CC[13CH2]1. The van der Waals surface area contributed by atoms with E-state index in [1.54, 1.807) is 0 Å². The fourth-order valence-electron chi connectivity index (χ4n) is 0.639. The first-order valence-electron chi connectivity index (χ1n) is 2.63. The van der Waals surface area contributed by atoms with Crippen LogP contribution in [0.4, 0.5) is 0 Å². The predicted octanol–water partition coefficient (Wildman–Crippen LogP) is 1.04. The monoisotopic (exact) mass is 97.1 g/mol. The standard InChI is InChI=1S/C6H10N/c1-2-4-7-5-3-6-7/h2,4H,1,3,5-6H2/i5+1. The van der Waals surface area contributed by atoms with Gasteiger partial charge in [0.1, 0.15) is 0 Å². The van der Waals surface area contributed by atoms with Crippen LogP contribution in [0.3, 0.4) is 0 Å². The topological polar surface area (TPSA) is 3.24 Å². The number of rotatable bonds is 2. The maximum atomic E-state index is 3.59. The lowest BCUT2D eigenvalue weighted by Gasteiger charge is -2.28. The molecule has 0 aromatic rings. The highest BCUT2D eigenvalue weighted by molar-refractivity contribution is 4.89. The molecular weight excluding hydrogens is 87.1 g/mol. The highest BCUT2D eigenvalue weighted by Gasteiger charge is 2.10. The molecule has 1 aliphatic heterocycles. The van der Waals surface area contributed by atoms with Crippen molar-refractivity contribution in [1.82, 2.24) is 4.90 Å². The highest BCUT2D eigenvalue weighted by Crippen LogP contribution is 2.06. The van der Waals surface area contributed by atoms with Crippen LogP contribution in [0.5, 0.6) is 0 Å². The molecule has 1 saturated heterocycles. The summed E-state index contributed by atoms with van der Waals surface area (Å²) in [6.45, 7) is 8.07. The average molecular weight is 97.1 g/mol. The largest absolute Gasteiger partial charge is 0.295 e. The summed E-state index contributed by atoms with van der Waals surface area (Å²) >= 11 is 0. The zero-order valence-electron chi connectivity index (χ0n) is 4.43. The minimum atomic E-state index is 1.23. The van der Waals surface area contributed by atoms with Crippen LogP contribution in [-0.2, 0) is 0 Å². The van der Waals surface area contributed by atoms with Crippen LogP contribution in [0.15, 0.2) is 12.7 Å². The molecule has 0 N–H and O–H groups in total. The molecule has 0 aliphatic carbocycles. The molecule has 0 bridgehead atoms. The van der Waals surface area contributed by atoms with Gasteiger partial charge in [0.25, 0.3) is 0 Å². The summed E-state index contributed by atoms with van der Waals surface area (Å²) in [7, 11) is 0. The van der Waals surface area contributed by atoms with Gasteiger partial charge >= 0.3 is 0 Å². The van der Waals surface area contributed by atoms with E-state index in [0.717, 1.165) is 0 Å². The molecule has 0 spiro atoms. The van der Waals surface area contributed by atoms with E-state index >= 15 is 0 Å². The molecule has 0 saturated carbocycles. The van der Waals surface area contributed by atoms with Gasteiger partial charge in [0.15, 0.2) is 0 Å². The lowest BCUT2D eigenvalue weighted by Crippen LogP contribution is -2.33. The van der Waals surface area contributed by atoms with E-state index in [2.05, 4.69) is 11.5 Å². The molecule has 39 valence electrons. The molecule has 1 aliphatic rings. The van der Waals surface area contributed by atoms with E-state index in [1.165, 1.54) is 19.5 Å². The van der Waals surface area contributed by atoms with Crippen LogP contribution in [0.1, 0.15) is 6.42 Å². The summed E-state index contributed by atoms with van der Waals surface area (Å²) in [5.74, 6) is 0. The van der Waals surface area contributed by atoms with Gasteiger partial charge in [0.05, 0.1) is 0 Å². The molecule has 1 nitrogen and oxygen atoms in total. The molecule has 0 aromatic heterocycles. The predicted molar refractivity (Wildman–Crippen MR) is 30.7 cm³/mol. The van der Waals surface area contributed by atoms with Gasteiger partial charge in [0.2, 0.25) is 0 Å². The molecule has 1 heteroatoms. The maximum absolute atomic E-state index is 3.59. The third-order valence-corrected chi connectivity index (χ3v) is 1.21. The first-order valence-corrected chi connectivity index (χ1v) is 2.63. The molecular formula is C6H10N. The summed E-state index contributed by atoms with van der Waals surface area (Å²) in [5, 5.41) is 0. The molecule has 0 aromatic carbocycles. The minimum Gasteiger partial charge on any atom is -0.295 e. The minimum absolute atomic E-state index is 1.23. The van der Waals surface area contributed by atoms with Gasteiger partial charge < -0.3 is 0 Å². The Bertz CT molecular complexity index is 64.6. The Kier molecular flexibility index (Phi) is 1.47. The van der Waals surface area contributed by atoms with E-state index in [4.69, 9.17) is 0 Å². The molecule has 1 heterocycles. The Morgan fingerprint density at radius 3 is 2.29 bits per heavy atom. The van der Waals surface area contributed by atoms with Crippen molar-refractivity contribution in [1.29, 1.82) is 0 Å². The third kappa shape index (κ3) is 1.03. The molecule has 1 rings (SSSR count). The second-order valence-electron chi connectivity index (χ2n) is 1.77. The number of hydrogen-bond donors (Lipinski definition) is 0. The van der Waals surface area contributed by atoms with Crippen molar-refractivity contribution in [3.63, 3.8) is 0 Å². The van der Waals surface area contributed by atoms with Gasteiger partial charge in [-0.15, -0.1) is 6.58 Å². The fourth-order valence-corrected chi connectivity index (χ4v) is 0.639. The van der Waals surface area contributed by atoms with Crippen molar-refractivity contribution in [3.05, 3.63) is 19.2 Å². The highest BCUT2D eigenvalue weighted by atomic mass is 15.3. The van der Waals surface area contributed by atoms with Gasteiger partial charge in [-0.25, -0.2) is 0 Å². The van der Waals surface area contributed by atoms with Gasteiger partial charge in [-0.2, -0.15) is 0 Å². The van der Waals surface area contributed by atoms with E-state index in [-0.39, 0.29) is 0 Å². The lowest BCUT2D eigenvalue weighted by molar-refractivity contribution is 0.240. The first kappa shape index (κ1) is 4.85. The third-order valence-electron chi connectivity index (χ3n) is 1.21. The Morgan fingerprint density at radius 1 is 1.43 bits per heavy atom. The van der Waals surface area contributed by atoms with E-state index in [1.807, 2.05) is 12.6 Å². The number of hydrogen-bond acceptors (Lipinski definition) is 1. The second kappa shape index (κ2) is 2.12. The van der Waals surface area contributed by atoms with E-state index in [9.17, 15) is 0 Å². The van der Waals surface area contributed by atoms with Crippen LogP contribution in [-0.4, -0.2) is 18.0 Å². The summed E-state index contributed by atoms with van der Waals surface area (Å²) in [6, 6.07) is 0. The zero-order valence-corrected chi connectivity index (χ0v) is 4.43. The van der Waals surface area contributed by atoms with Crippen LogP contribution < -0.4 is 0 Å². The zero-order chi connectivity index (χ0) is 5.11. The first-order chi connectivity index (χ1) is 3.43. The Balaban J connectivity index is 2.03. The quantitative estimate of drug-likeness (QED) is 0.465. The van der Waals surface area contributed by atoms with Gasteiger partial charge in [0, 0.05) is 19.6 Å². The summed E-state index contributed by atoms with van der Waals surface area (Å²) < 4.78 is 0. The maximum Gasteiger partial charge on any atom is 0.0467 e. The second-order valence-corrected chi connectivity index (χ2v) is 1.77. The van der Waals surface area contributed by atoms with Gasteiger partial charge in [-0.3, -0.25) is 4.90 Å². The van der Waals surface area contributed by atoms with Gasteiger partial charge in [-0.1, -0.05) is 6.08 Å². The van der Waals surface area contributed by atoms with Crippen molar-refractivity contribution >= 4 is 0 Å². The average Bonchev–Trinajstić information content (AvgIpc) is 1.55. The normalized spacial score (nSPS) is 21.1. The van der Waals surface area contributed by atoms with Crippen molar-refractivity contribution < 1.29 is 0 Å². The fraction of sp³-hybridized carbons (Fsp3) is 0.500. The van der Waals surface area contributed by atoms with E-state index in [0.29, 0.717) is 0 Å². The van der Waals surface area contributed by atoms with Crippen LogP contribution >= 0.6 is 0 Å². The van der Waals surface area contributed by atoms with Crippen molar-refractivity contribution in [2.24, 2.45) is 0 Å². The number of nitrogens with zero attached hydrogens (tertiary/aromatic N) is 1. The molecule has 7 heavy (non-hydrogen) atoms. The molecule has 0 atom stereocenters. The van der Waals surface area contributed by atoms with Gasteiger partial charge in [-0.05, 0) is 6.42 Å². The van der Waals surface area contributed by atoms with Crippen molar-refractivity contribution in [2.45, 2.75) is 6.42 Å². The van der Waals surface area contributed by atoms with Crippen LogP contribution in [0.2, 0.25) is 0 Å². The summed E-state index contributed by atoms with van der Waals surface area (Å²) in [4.78, 5) is 2.24. The summed E-state index contributed by atoms with van der Waals surface area (Å²) in [6.07, 6.45) is 3.18. The van der Waals surface area contributed by atoms with E-state index < -0.39 is 0 Å². The Morgan fingerprint density at radius 2 is 2.14 bits per heavy atom. The lowest BCUT2D eigenvalue weighted by atomic mass is 10.4. The molecule has 0 unspecified atom stereocenters. The summed E-state index contributed by atoms with van der Waals surface area (Å²) in [5.41, 5.74) is 0. The number of likely N-dealkylation sites (tertiary alicyclic amines) is 1. The Hall–Kier alpha value is -0.300. The molecule has 1 fully saturated rings.